The number of epoxide rings is 1. The van der Waals surface area contributed by atoms with E-state index in [0.29, 0.717) is 30.7 Å². The lowest BCUT2D eigenvalue weighted by molar-refractivity contribution is -0.171. The molecule has 5 fully saturated rings. The highest BCUT2D eigenvalue weighted by atomic mass is 35.5. The Labute approximate surface area is 412 Å². The summed E-state index contributed by atoms with van der Waals surface area (Å²) in [6.45, 7) is 9.72. The smallest absolute Gasteiger partial charge is 0.409 e. The van der Waals surface area contributed by atoms with E-state index in [1.165, 1.54) is 47.7 Å². The number of carbonyl (C=O) groups is 7. The molecule has 1 aliphatic carbocycles. The maximum absolute atomic E-state index is 14.4. The molecule has 1 saturated carbocycles. The Morgan fingerprint density at radius 3 is 2.42 bits per heavy atom. The number of likely N-dealkylation sites (tertiary alicyclic amines) is 1. The molecule has 6 amide bonds. The van der Waals surface area contributed by atoms with Crippen LogP contribution < -0.4 is 20.3 Å². The summed E-state index contributed by atoms with van der Waals surface area (Å²) in [5.74, 6) is -2.73. The van der Waals surface area contributed by atoms with Gasteiger partial charge in [0.1, 0.15) is 40.8 Å². The molecular weight excluding hydrogens is 934 g/mol. The molecular formula is C49H66ClN5O13S. The van der Waals surface area contributed by atoms with Gasteiger partial charge in [0.05, 0.1) is 24.5 Å². The number of likely N-dealkylation sites (N-methyl/N-ethyl adjacent to an activating group) is 1. The molecule has 5 aliphatic heterocycles. The molecule has 18 nitrogen and oxygen atoms in total. The van der Waals surface area contributed by atoms with Crippen LogP contribution in [0.2, 0.25) is 5.02 Å². The van der Waals surface area contributed by atoms with E-state index in [-0.39, 0.29) is 78.1 Å². The number of fused-ring (bicyclic) bond motifs is 4. The maximum Gasteiger partial charge on any atom is 0.409 e. The van der Waals surface area contributed by atoms with Gasteiger partial charge in [0.2, 0.25) is 29.5 Å². The van der Waals surface area contributed by atoms with Gasteiger partial charge in [-0.25, -0.2) is 9.59 Å². The molecule has 20 heteroatoms. The van der Waals surface area contributed by atoms with Gasteiger partial charge in [0.15, 0.2) is 11.8 Å². The van der Waals surface area contributed by atoms with Gasteiger partial charge in [-0.3, -0.25) is 34.2 Å². The fourth-order valence-electron chi connectivity index (χ4n) is 10.6. The number of carbonyl (C=O) groups excluding carboxylic acids is 7. The van der Waals surface area contributed by atoms with Crippen molar-refractivity contribution in [2.24, 2.45) is 17.8 Å². The maximum atomic E-state index is 14.4. The second-order valence-electron chi connectivity index (χ2n) is 20.4. The van der Waals surface area contributed by atoms with Crippen LogP contribution in [0, 0.1) is 17.8 Å². The largest absolute Gasteiger partial charge is 0.495 e. The Morgan fingerprint density at radius 1 is 1.04 bits per heavy atom. The van der Waals surface area contributed by atoms with Crippen LogP contribution in [-0.2, 0) is 54.1 Å². The molecule has 5 unspecified atom stereocenters. The number of hydrogen-bond donors (Lipinski definition) is 3. The zero-order valence-electron chi connectivity index (χ0n) is 40.8. The molecule has 69 heavy (non-hydrogen) atoms. The van der Waals surface area contributed by atoms with Gasteiger partial charge in [0.25, 0.3) is 0 Å². The molecule has 9 atom stereocenters. The Bertz CT molecular complexity index is 2280. The Balaban J connectivity index is 1.08. The number of rotatable bonds is 10. The van der Waals surface area contributed by atoms with E-state index in [4.69, 9.17) is 35.3 Å². The van der Waals surface area contributed by atoms with Crippen LogP contribution in [0.25, 0.3) is 0 Å². The summed E-state index contributed by atoms with van der Waals surface area (Å²) in [6.07, 6.45) is 2.55. The number of alkyl carbamates (subject to hydrolysis) is 1. The minimum atomic E-state index is -1.98. The number of benzene rings is 1. The average Bonchev–Trinajstić information content (AvgIpc) is 3.98. The lowest BCUT2D eigenvalue weighted by Gasteiger charge is -2.45. The molecule has 5 heterocycles. The van der Waals surface area contributed by atoms with E-state index < -0.39 is 76.8 Å². The number of hydrogen-bond acceptors (Lipinski definition) is 14. The minimum absolute atomic E-state index is 0.000182. The van der Waals surface area contributed by atoms with Crippen LogP contribution in [0.15, 0.2) is 35.9 Å². The van der Waals surface area contributed by atoms with Gasteiger partial charge < -0.3 is 43.9 Å². The number of ether oxygens (including phenoxy) is 5. The topological polar surface area (TPSA) is 223 Å². The highest BCUT2D eigenvalue weighted by Crippen LogP contribution is 2.56. The molecule has 4 saturated heterocycles. The summed E-state index contributed by atoms with van der Waals surface area (Å²) >= 11 is 7.97. The molecule has 1 aromatic rings. The Morgan fingerprint density at radius 2 is 1.75 bits per heavy atom. The highest BCUT2D eigenvalue weighted by Gasteiger charge is 2.76. The number of aliphatic hydroxyl groups is 1. The van der Waals surface area contributed by atoms with Gasteiger partial charge in [-0.15, -0.1) is 11.8 Å². The monoisotopic (exact) mass is 999 g/mol. The molecule has 378 valence electrons. The van der Waals surface area contributed by atoms with Crippen LogP contribution >= 0.6 is 23.4 Å². The van der Waals surface area contributed by atoms with Gasteiger partial charge in [-0.2, -0.15) is 0 Å². The van der Waals surface area contributed by atoms with Gasteiger partial charge >= 0.3 is 12.1 Å². The number of amides is 6. The predicted octanol–water partition coefficient (Wildman–Crippen LogP) is 4.46. The Kier molecular flexibility index (Phi) is 15.5. The molecule has 6 aliphatic rings. The van der Waals surface area contributed by atoms with Crippen molar-refractivity contribution in [2.75, 3.05) is 45.5 Å². The first kappa shape index (κ1) is 52.1. The average molecular weight is 1000 g/mol. The van der Waals surface area contributed by atoms with Crippen molar-refractivity contribution in [1.82, 2.24) is 20.4 Å². The lowest BCUT2D eigenvalue weighted by atomic mass is 9.74. The second-order valence-corrected chi connectivity index (χ2v) is 22.1. The van der Waals surface area contributed by atoms with Gasteiger partial charge in [-0.05, 0) is 83.4 Å². The number of imide groups is 1. The predicted molar refractivity (Wildman–Crippen MR) is 255 cm³/mol. The van der Waals surface area contributed by atoms with E-state index >= 15 is 0 Å². The van der Waals surface area contributed by atoms with E-state index in [2.05, 4.69) is 10.6 Å². The van der Waals surface area contributed by atoms with Crippen LogP contribution in [0.3, 0.4) is 0 Å². The van der Waals surface area contributed by atoms with Crippen molar-refractivity contribution in [2.45, 2.75) is 145 Å². The molecule has 7 rings (SSSR count). The number of methoxy groups -OCH3 is 2. The quantitative estimate of drug-likeness (QED) is 0.167. The number of esters is 1. The summed E-state index contributed by atoms with van der Waals surface area (Å²) in [5, 5.41) is 17.1. The minimum Gasteiger partial charge on any atom is -0.495 e. The number of nitrogens with one attached hydrogen (secondary N) is 2. The van der Waals surface area contributed by atoms with Crippen molar-refractivity contribution in [3.8, 4) is 5.75 Å². The van der Waals surface area contributed by atoms with Crippen molar-refractivity contribution in [3.05, 3.63) is 46.5 Å². The molecule has 6 bridgehead atoms. The van der Waals surface area contributed by atoms with E-state index in [1.54, 1.807) is 38.3 Å². The fourth-order valence-corrected chi connectivity index (χ4v) is 12.0. The van der Waals surface area contributed by atoms with E-state index in [0.717, 1.165) is 24.0 Å². The summed E-state index contributed by atoms with van der Waals surface area (Å²) < 4.78 is 29.6. The summed E-state index contributed by atoms with van der Waals surface area (Å²) in [5.41, 5.74) is -1.82. The third-order valence-corrected chi connectivity index (χ3v) is 16.0. The number of halogens is 1. The normalized spacial score (nSPS) is 34.1. The lowest BCUT2D eigenvalue weighted by Crippen LogP contribution is -2.67. The second kappa shape index (κ2) is 20.6. The zero-order valence-corrected chi connectivity index (χ0v) is 42.4. The van der Waals surface area contributed by atoms with Crippen LogP contribution in [0.1, 0.15) is 91.5 Å². The van der Waals surface area contributed by atoms with Crippen LogP contribution in [-0.4, -0.2) is 150 Å². The summed E-state index contributed by atoms with van der Waals surface area (Å²) in [4.78, 5) is 99.3. The summed E-state index contributed by atoms with van der Waals surface area (Å²) in [7, 11) is 5.86. The van der Waals surface area contributed by atoms with E-state index in [1.807, 2.05) is 33.8 Å². The molecule has 3 N–H and O–H groups in total. The first-order valence-corrected chi connectivity index (χ1v) is 25.1. The van der Waals surface area contributed by atoms with Crippen molar-refractivity contribution >= 4 is 70.6 Å². The third kappa shape index (κ3) is 11.0. The fraction of sp³-hybridized carbons (Fsp3) is 0.653. The van der Waals surface area contributed by atoms with Crippen molar-refractivity contribution in [1.29, 1.82) is 0 Å². The number of anilines is 1. The standard InChI is InChI=1S/C49H66ClN5O13S/c1-26-11-10-12-36(65-9)48(63)24-34(67-46(62)52-48)27(2)49-41(45(61)66-33(42(49)68-49)22-38(57)53(6)31-20-29(19-26)21-32(64-8)40(31)50)54(7)37(56)17-18-69-35-23-39(58)55(44(35)60)25-28-13-15-30(16-14-28)43(59)51-47(3,4)5/h10-12,20-21,27-28,30,33-36,41-42,63H,13-19,22-25H2,1-9H3,(H,51,59)(H,52,62)/b12-10+,26-11+/t27-,28?,30?,33+,34?,35?,36?,41-,42?,48?,49-/m1/s1. The van der Waals surface area contributed by atoms with Crippen LogP contribution in [0.5, 0.6) is 5.75 Å². The van der Waals surface area contributed by atoms with Crippen molar-refractivity contribution in [3.63, 3.8) is 0 Å². The third-order valence-electron chi connectivity index (χ3n) is 14.4. The molecule has 0 radical (unpaired) electrons. The first-order chi connectivity index (χ1) is 32.5. The Hall–Kier alpha value is -4.69. The highest BCUT2D eigenvalue weighted by molar-refractivity contribution is 8.00. The SMILES string of the molecule is COc1cc2cc(c1Cl)N(C)C(=O)C[C@@H]1OC(=O)[C@@H](N(C)C(=O)CCSC3CC(=O)N(CC4CCC(C(=O)NC(C)(C)C)CC4)C3=O)[C@]3(OC13)[C@H](C)C1CC(O)(NC(=O)O1)C(OC)/C=C/C=C(\C)C2. The zero-order chi connectivity index (χ0) is 50.3. The van der Waals surface area contributed by atoms with Gasteiger partial charge in [-0.1, -0.05) is 42.3 Å². The molecule has 0 spiro atoms. The molecule has 0 aromatic heterocycles. The first-order valence-electron chi connectivity index (χ1n) is 23.6. The van der Waals surface area contributed by atoms with Crippen LogP contribution in [0.4, 0.5) is 10.5 Å². The van der Waals surface area contributed by atoms with E-state index in [9.17, 15) is 38.7 Å². The number of nitrogens with zero attached hydrogens (tertiary/aromatic N) is 3. The van der Waals surface area contributed by atoms with Crippen molar-refractivity contribution < 1.29 is 62.4 Å². The summed E-state index contributed by atoms with van der Waals surface area (Å²) in [6, 6.07) is 2.17. The molecule has 1 aromatic carbocycles. The number of allylic oxidation sites excluding steroid dienone is 3. The number of thioether (sulfide) groups is 1. The van der Waals surface area contributed by atoms with Gasteiger partial charge in [0, 0.05) is 70.1 Å².